The smallest absolute Gasteiger partial charge is 0.251 e. The Morgan fingerprint density at radius 2 is 2.00 bits per heavy atom. The molecular weight excluding hydrogens is 342 g/mol. The SMILES string of the molecule is Cc1ccc(S(=O)(=O)NC(C)(C)C)cc1C(=O)NCC1CNCC1O. The number of aliphatic hydroxyl groups is 1. The van der Waals surface area contributed by atoms with Crippen molar-refractivity contribution in [3.63, 3.8) is 0 Å². The van der Waals surface area contributed by atoms with Crippen molar-refractivity contribution in [1.82, 2.24) is 15.4 Å². The van der Waals surface area contributed by atoms with Gasteiger partial charge in [-0.25, -0.2) is 13.1 Å². The molecule has 0 radical (unpaired) electrons. The molecule has 7 nitrogen and oxygen atoms in total. The fourth-order valence-corrected chi connectivity index (χ4v) is 4.17. The maximum Gasteiger partial charge on any atom is 0.251 e. The van der Waals surface area contributed by atoms with Crippen LogP contribution in [0.15, 0.2) is 23.1 Å². The van der Waals surface area contributed by atoms with Crippen LogP contribution in [-0.4, -0.2) is 50.7 Å². The van der Waals surface area contributed by atoms with E-state index in [2.05, 4.69) is 15.4 Å². The number of hydrogen-bond acceptors (Lipinski definition) is 5. The highest BCUT2D eigenvalue weighted by molar-refractivity contribution is 7.89. The van der Waals surface area contributed by atoms with Gasteiger partial charge in [0.1, 0.15) is 0 Å². The van der Waals surface area contributed by atoms with Crippen LogP contribution in [0.4, 0.5) is 0 Å². The minimum absolute atomic E-state index is 0.0428. The quantitative estimate of drug-likeness (QED) is 0.600. The van der Waals surface area contributed by atoms with Crippen LogP contribution >= 0.6 is 0 Å². The van der Waals surface area contributed by atoms with Crippen molar-refractivity contribution >= 4 is 15.9 Å². The largest absolute Gasteiger partial charge is 0.391 e. The number of rotatable bonds is 5. The van der Waals surface area contributed by atoms with Gasteiger partial charge in [0.2, 0.25) is 10.0 Å². The van der Waals surface area contributed by atoms with Crippen LogP contribution in [0, 0.1) is 12.8 Å². The Morgan fingerprint density at radius 3 is 2.56 bits per heavy atom. The molecule has 1 aliphatic rings. The van der Waals surface area contributed by atoms with Gasteiger partial charge in [-0.3, -0.25) is 4.79 Å². The Bertz CT molecular complexity index is 741. The summed E-state index contributed by atoms with van der Waals surface area (Å²) in [5, 5.41) is 15.6. The van der Waals surface area contributed by atoms with E-state index in [0.29, 0.717) is 30.8 Å². The van der Waals surface area contributed by atoms with E-state index in [-0.39, 0.29) is 16.7 Å². The lowest BCUT2D eigenvalue weighted by molar-refractivity contribution is 0.0926. The number of aryl methyl sites for hydroxylation is 1. The molecule has 1 heterocycles. The van der Waals surface area contributed by atoms with Gasteiger partial charge in [-0.05, 0) is 45.4 Å². The number of benzene rings is 1. The third-order valence-electron chi connectivity index (χ3n) is 4.03. The average Bonchev–Trinajstić information content (AvgIpc) is 2.88. The first-order valence-electron chi connectivity index (χ1n) is 8.31. The molecule has 1 aromatic carbocycles. The summed E-state index contributed by atoms with van der Waals surface area (Å²) in [7, 11) is -3.71. The Hall–Kier alpha value is -1.48. The number of carbonyl (C=O) groups excluding carboxylic acids is 1. The highest BCUT2D eigenvalue weighted by atomic mass is 32.2. The van der Waals surface area contributed by atoms with Crippen molar-refractivity contribution < 1.29 is 18.3 Å². The van der Waals surface area contributed by atoms with Crippen LogP contribution < -0.4 is 15.4 Å². The number of aliphatic hydroxyl groups excluding tert-OH is 1. The summed E-state index contributed by atoms with van der Waals surface area (Å²) in [5.74, 6) is -0.386. The normalized spacial score (nSPS) is 21.3. The summed E-state index contributed by atoms with van der Waals surface area (Å²) < 4.78 is 27.5. The van der Waals surface area contributed by atoms with Gasteiger partial charge in [0.05, 0.1) is 11.0 Å². The average molecular weight is 369 g/mol. The molecule has 2 rings (SSSR count). The standard InChI is InChI=1S/C17H27N3O4S/c1-11-5-6-13(25(23,24)20-17(2,3)4)7-14(11)16(22)19-9-12-8-18-10-15(12)21/h5-7,12,15,18,20-21H,8-10H2,1-4H3,(H,19,22). The van der Waals surface area contributed by atoms with Crippen molar-refractivity contribution in [2.45, 2.75) is 44.2 Å². The molecule has 0 bridgehead atoms. The van der Waals surface area contributed by atoms with Gasteiger partial charge in [-0.1, -0.05) is 6.07 Å². The molecule has 25 heavy (non-hydrogen) atoms. The highest BCUT2D eigenvalue weighted by Crippen LogP contribution is 2.18. The molecule has 2 atom stereocenters. The number of amides is 1. The molecule has 1 fully saturated rings. The number of sulfonamides is 1. The van der Waals surface area contributed by atoms with Crippen molar-refractivity contribution in [2.24, 2.45) is 5.92 Å². The van der Waals surface area contributed by atoms with Gasteiger partial charge < -0.3 is 15.7 Å². The molecule has 0 aliphatic carbocycles. The first-order valence-corrected chi connectivity index (χ1v) is 9.79. The zero-order valence-corrected chi connectivity index (χ0v) is 15.9. The molecule has 0 saturated carbocycles. The maximum atomic E-state index is 12.5. The third-order valence-corrected chi connectivity index (χ3v) is 5.79. The summed E-state index contributed by atoms with van der Waals surface area (Å²) >= 11 is 0. The van der Waals surface area contributed by atoms with E-state index in [1.54, 1.807) is 33.8 Å². The molecule has 1 aliphatic heterocycles. The van der Waals surface area contributed by atoms with Crippen LogP contribution in [0.3, 0.4) is 0 Å². The summed E-state index contributed by atoms with van der Waals surface area (Å²) in [5.41, 5.74) is 0.395. The number of carbonyl (C=O) groups is 1. The monoisotopic (exact) mass is 369 g/mol. The Labute approximate surface area is 149 Å². The lowest BCUT2D eigenvalue weighted by Gasteiger charge is -2.21. The molecule has 2 unspecified atom stereocenters. The van der Waals surface area contributed by atoms with Gasteiger partial charge in [-0.15, -0.1) is 0 Å². The molecule has 4 N–H and O–H groups in total. The van der Waals surface area contributed by atoms with Crippen molar-refractivity contribution in [3.05, 3.63) is 29.3 Å². The minimum atomic E-state index is -3.71. The van der Waals surface area contributed by atoms with E-state index in [0.717, 1.165) is 0 Å². The van der Waals surface area contributed by atoms with E-state index in [1.165, 1.54) is 12.1 Å². The van der Waals surface area contributed by atoms with Crippen LogP contribution in [-0.2, 0) is 10.0 Å². The van der Waals surface area contributed by atoms with Crippen molar-refractivity contribution in [1.29, 1.82) is 0 Å². The van der Waals surface area contributed by atoms with Crippen LogP contribution in [0.25, 0.3) is 0 Å². The van der Waals surface area contributed by atoms with E-state index >= 15 is 0 Å². The Balaban J connectivity index is 2.16. The van der Waals surface area contributed by atoms with Gasteiger partial charge >= 0.3 is 0 Å². The van der Waals surface area contributed by atoms with Gasteiger partial charge in [-0.2, -0.15) is 0 Å². The molecule has 0 spiro atoms. The Morgan fingerprint density at radius 1 is 1.32 bits per heavy atom. The molecule has 1 aromatic rings. The van der Waals surface area contributed by atoms with Crippen molar-refractivity contribution in [3.8, 4) is 0 Å². The van der Waals surface area contributed by atoms with Gasteiger partial charge in [0, 0.05) is 36.7 Å². The predicted octanol–water partition coefficient (Wildman–Crippen LogP) is 0.382. The molecule has 8 heteroatoms. The molecule has 140 valence electrons. The summed E-state index contributed by atoms with van der Waals surface area (Å²) in [4.78, 5) is 12.5. The topological polar surface area (TPSA) is 108 Å². The summed E-state index contributed by atoms with van der Waals surface area (Å²) in [6.45, 7) is 8.53. The van der Waals surface area contributed by atoms with Crippen LogP contribution in [0.2, 0.25) is 0 Å². The van der Waals surface area contributed by atoms with E-state index in [9.17, 15) is 18.3 Å². The fourth-order valence-electron chi connectivity index (χ4n) is 2.72. The van der Waals surface area contributed by atoms with Crippen LogP contribution in [0.1, 0.15) is 36.7 Å². The third kappa shape index (κ3) is 5.24. The lowest BCUT2D eigenvalue weighted by atomic mass is 10.1. The zero-order valence-electron chi connectivity index (χ0n) is 15.1. The van der Waals surface area contributed by atoms with Gasteiger partial charge in [0.15, 0.2) is 0 Å². The second-order valence-electron chi connectivity index (χ2n) is 7.53. The first-order chi connectivity index (χ1) is 11.5. The predicted molar refractivity (Wildman–Crippen MR) is 96.0 cm³/mol. The maximum absolute atomic E-state index is 12.5. The highest BCUT2D eigenvalue weighted by Gasteiger charge is 2.26. The molecule has 1 saturated heterocycles. The minimum Gasteiger partial charge on any atom is -0.391 e. The fraction of sp³-hybridized carbons (Fsp3) is 0.588. The lowest BCUT2D eigenvalue weighted by Crippen LogP contribution is -2.40. The number of nitrogens with one attached hydrogen (secondary N) is 3. The summed E-state index contributed by atoms with van der Waals surface area (Å²) in [6.07, 6.45) is -0.482. The molecular formula is C17H27N3O4S. The second-order valence-corrected chi connectivity index (χ2v) is 9.21. The molecule has 0 aromatic heterocycles. The van der Waals surface area contributed by atoms with Crippen molar-refractivity contribution in [2.75, 3.05) is 19.6 Å². The van der Waals surface area contributed by atoms with E-state index in [1.807, 2.05) is 0 Å². The number of hydrogen-bond donors (Lipinski definition) is 4. The molecule has 1 amide bonds. The first kappa shape index (κ1) is 19.8. The second kappa shape index (κ2) is 7.41. The number of β-amino-alcohol motifs (C(OH)–C–C–N with tert-alkyl or cyclic N) is 1. The van der Waals surface area contributed by atoms with Gasteiger partial charge in [0.25, 0.3) is 5.91 Å². The van der Waals surface area contributed by atoms with Crippen LogP contribution in [0.5, 0.6) is 0 Å². The summed E-state index contributed by atoms with van der Waals surface area (Å²) in [6, 6.07) is 4.50. The zero-order chi connectivity index (χ0) is 18.8. The Kier molecular flexibility index (Phi) is 5.88. The van der Waals surface area contributed by atoms with E-state index in [4.69, 9.17) is 0 Å². The van der Waals surface area contributed by atoms with E-state index < -0.39 is 21.7 Å².